The first-order chi connectivity index (χ1) is 12.5. The van der Waals surface area contributed by atoms with E-state index in [-0.39, 0.29) is 29.9 Å². The van der Waals surface area contributed by atoms with Gasteiger partial charge in [-0.3, -0.25) is 4.79 Å². The third-order valence-corrected chi connectivity index (χ3v) is 4.99. The van der Waals surface area contributed by atoms with Crippen molar-refractivity contribution in [2.45, 2.75) is 39.2 Å². The van der Waals surface area contributed by atoms with Gasteiger partial charge in [0.1, 0.15) is 11.5 Å². The zero-order valence-electron chi connectivity index (χ0n) is 15.2. The molecule has 3 rings (SSSR count). The number of rotatable bonds is 5. The van der Waals surface area contributed by atoms with Crippen molar-refractivity contribution >= 4 is 28.5 Å². The van der Waals surface area contributed by atoms with Crippen LogP contribution in [-0.2, 0) is 9.53 Å². The average Bonchev–Trinajstić information content (AvgIpc) is 3.00. The summed E-state index contributed by atoms with van der Waals surface area (Å²) in [6.45, 7) is 5.73. The third-order valence-electron chi connectivity index (χ3n) is 4.99. The fraction of sp³-hybridized carbons (Fsp3) is 0.474. The zero-order chi connectivity index (χ0) is 18.7. The van der Waals surface area contributed by atoms with Crippen molar-refractivity contribution in [3.63, 3.8) is 0 Å². The predicted octanol–water partition coefficient (Wildman–Crippen LogP) is 1.88. The molecule has 3 N–H and O–H groups in total. The number of ether oxygens (including phenoxy) is 1. The summed E-state index contributed by atoms with van der Waals surface area (Å²) < 4.78 is 18.8. The second-order valence-electron chi connectivity index (χ2n) is 6.72. The molecule has 140 valence electrons. The Morgan fingerprint density at radius 3 is 2.73 bits per heavy atom. The number of hydrogen-bond donors (Lipinski definition) is 3. The monoisotopic (exact) mass is 362 g/mol. The van der Waals surface area contributed by atoms with Gasteiger partial charge in [0.15, 0.2) is 6.04 Å². The van der Waals surface area contributed by atoms with Gasteiger partial charge in [0.05, 0.1) is 25.4 Å². The number of hydrogen-bond acceptors (Lipinski definition) is 3. The highest BCUT2D eigenvalue weighted by molar-refractivity contribution is 6.11. The van der Waals surface area contributed by atoms with E-state index in [1.807, 2.05) is 6.92 Å². The van der Waals surface area contributed by atoms with Crippen LogP contribution in [-0.4, -0.2) is 42.6 Å². The fourth-order valence-corrected chi connectivity index (χ4v) is 3.51. The van der Waals surface area contributed by atoms with Gasteiger partial charge in [-0.2, -0.15) is 0 Å². The van der Waals surface area contributed by atoms with Gasteiger partial charge < -0.3 is 19.9 Å². The molecule has 0 bridgehead atoms. The van der Waals surface area contributed by atoms with Crippen LogP contribution in [0.2, 0.25) is 0 Å². The van der Waals surface area contributed by atoms with Crippen LogP contribution in [0.4, 0.5) is 10.1 Å². The summed E-state index contributed by atoms with van der Waals surface area (Å²) in [7, 11) is 0. The molecule has 0 saturated carbocycles. The number of quaternary nitrogens is 1. The number of likely N-dealkylation sites (tertiary alicyclic amines) is 1. The van der Waals surface area contributed by atoms with Gasteiger partial charge in [0, 0.05) is 10.9 Å². The number of piperidine rings is 1. The lowest BCUT2D eigenvalue weighted by atomic mass is 10.1. The second-order valence-corrected chi connectivity index (χ2v) is 6.72. The molecule has 1 atom stereocenters. The Kier molecular flexibility index (Phi) is 5.56. The number of esters is 1. The third kappa shape index (κ3) is 3.72. The number of fused-ring (bicyclic) bond motifs is 1. The quantitative estimate of drug-likeness (QED) is 0.711. The SMILES string of the molecule is CCOC(=O)c1[nH]c2ccc(F)cc2c1NC(=O)[C@@H](C)[NH+]1CCCCC1. The molecule has 2 aromatic rings. The molecule has 0 aliphatic carbocycles. The van der Waals surface area contributed by atoms with Crippen LogP contribution in [0, 0.1) is 5.82 Å². The number of carbonyl (C=O) groups is 2. The Morgan fingerprint density at radius 2 is 2.04 bits per heavy atom. The number of anilines is 1. The molecule has 1 aromatic carbocycles. The predicted molar refractivity (Wildman–Crippen MR) is 96.9 cm³/mol. The summed E-state index contributed by atoms with van der Waals surface area (Å²) in [4.78, 5) is 29.2. The van der Waals surface area contributed by atoms with Crippen LogP contribution in [0.25, 0.3) is 10.9 Å². The molecule has 0 unspecified atom stereocenters. The maximum Gasteiger partial charge on any atom is 0.356 e. The molecule has 26 heavy (non-hydrogen) atoms. The summed E-state index contributed by atoms with van der Waals surface area (Å²) in [5.41, 5.74) is 0.996. The Balaban J connectivity index is 1.91. The minimum absolute atomic E-state index is 0.140. The van der Waals surface area contributed by atoms with Crippen molar-refractivity contribution in [2.75, 3.05) is 25.0 Å². The van der Waals surface area contributed by atoms with Crippen molar-refractivity contribution in [1.29, 1.82) is 0 Å². The van der Waals surface area contributed by atoms with Crippen LogP contribution in [0.1, 0.15) is 43.6 Å². The van der Waals surface area contributed by atoms with E-state index >= 15 is 0 Å². The van der Waals surface area contributed by atoms with Crippen LogP contribution in [0.3, 0.4) is 0 Å². The van der Waals surface area contributed by atoms with Gasteiger partial charge >= 0.3 is 5.97 Å². The molecular weight excluding hydrogens is 337 g/mol. The Morgan fingerprint density at radius 1 is 1.31 bits per heavy atom. The Bertz CT molecular complexity index is 812. The Hall–Kier alpha value is -2.41. The van der Waals surface area contributed by atoms with E-state index in [1.54, 1.807) is 13.0 Å². The first kappa shape index (κ1) is 18.4. The molecule has 1 amide bonds. The van der Waals surface area contributed by atoms with E-state index in [9.17, 15) is 14.0 Å². The van der Waals surface area contributed by atoms with Gasteiger partial charge in [0.2, 0.25) is 0 Å². The topological polar surface area (TPSA) is 75.6 Å². The largest absolute Gasteiger partial charge is 0.461 e. The van der Waals surface area contributed by atoms with Gasteiger partial charge in [0.25, 0.3) is 5.91 Å². The lowest BCUT2D eigenvalue weighted by Gasteiger charge is -2.28. The molecule has 6 nitrogen and oxygen atoms in total. The van der Waals surface area contributed by atoms with Crippen molar-refractivity contribution in [3.8, 4) is 0 Å². The minimum Gasteiger partial charge on any atom is -0.461 e. The van der Waals surface area contributed by atoms with Crippen molar-refractivity contribution < 1.29 is 23.6 Å². The maximum atomic E-state index is 13.7. The van der Waals surface area contributed by atoms with Crippen molar-refractivity contribution in [2.24, 2.45) is 0 Å². The molecule has 2 heterocycles. The summed E-state index contributed by atoms with van der Waals surface area (Å²) in [5.74, 6) is -1.19. The molecule has 1 fully saturated rings. The van der Waals surface area contributed by atoms with E-state index in [4.69, 9.17) is 4.74 Å². The van der Waals surface area contributed by atoms with Crippen molar-refractivity contribution in [1.82, 2.24) is 4.98 Å². The highest BCUT2D eigenvalue weighted by Gasteiger charge is 2.29. The van der Waals surface area contributed by atoms with E-state index in [0.29, 0.717) is 10.9 Å². The highest BCUT2D eigenvalue weighted by Crippen LogP contribution is 2.29. The normalized spacial score (nSPS) is 16.4. The lowest BCUT2D eigenvalue weighted by molar-refractivity contribution is -0.918. The highest BCUT2D eigenvalue weighted by atomic mass is 19.1. The Labute approximate surface area is 151 Å². The van der Waals surface area contributed by atoms with Crippen molar-refractivity contribution in [3.05, 3.63) is 29.7 Å². The second kappa shape index (κ2) is 7.86. The number of nitrogens with one attached hydrogen (secondary N) is 3. The van der Waals surface area contributed by atoms with Gasteiger partial charge in [-0.05, 0) is 51.3 Å². The van der Waals surface area contributed by atoms with Crippen LogP contribution >= 0.6 is 0 Å². The van der Waals surface area contributed by atoms with Gasteiger partial charge in [-0.1, -0.05) is 0 Å². The first-order valence-electron chi connectivity index (χ1n) is 9.15. The minimum atomic E-state index is -0.572. The van der Waals surface area contributed by atoms with Gasteiger partial charge in [-0.15, -0.1) is 0 Å². The number of benzene rings is 1. The molecule has 1 aromatic heterocycles. The summed E-state index contributed by atoms with van der Waals surface area (Å²) in [5, 5.41) is 3.30. The molecule has 1 aliphatic heterocycles. The van der Waals surface area contributed by atoms with Gasteiger partial charge in [-0.25, -0.2) is 9.18 Å². The lowest BCUT2D eigenvalue weighted by Crippen LogP contribution is -3.17. The zero-order valence-corrected chi connectivity index (χ0v) is 15.2. The van der Waals surface area contributed by atoms with E-state index in [2.05, 4.69) is 10.3 Å². The molecule has 1 saturated heterocycles. The van der Waals surface area contributed by atoms with E-state index < -0.39 is 11.8 Å². The molecular formula is C19H25FN3O3+. The number of carbonyl (C=O) groups excluding carboxylic acids is 2. The fourth-order valence-electron chi connectivity index (χ4n) is 3.51. The number of amides is 1. The van der Waals surface area contributed by atoms with Crippen LogP contribution in [0.5, 0.6) is 0 Å². The van der Waals surface area contributed by atoms with Crippen LogP contribution < -0.4 is 10.2 Å². The number of H-pyrrole nitrogens is 1. The summed E-state index contributed by atoms with van der Waals surface area (Å²) in [6, 6.07) is 3.91. The number of halogens is 1. The molecule has 0 spiro atoms. The van der Waals surface area contributed by atoms with E-state index in [0.717, 1.165) is 25.9 Å². The molecule has 0 radical (unpaired) electrons. The summed E-state index contributed by atoms with van der Waals surface area (Å²) >= 11 is 0. The van der Waals surface area contributed by atoms with E-state index in [1.165, 1.54) is 23.5 Å². The number of aromatic amines is 1. The smallest absolute Gasteiger partial charge is 0.356 e. The van der Waals surface area contributed by atoms with Crippen LogP contribution in [0.15, 0.2) is 18.2 Å². The summed E-state index contributed by atoms with van der Waals surface area (Å²) in [6.07, 6.45) is 3.42. The first-order valence-corrected chi connectivity index (χ1v) is 9.15. The average molecular weight is 362 g/mol. The standard InChI is InChI=1S/C19H24FN3O3/c1-3-26-19(25)17-16(14-11-13(20)7-8-15(14)21-17)22-18(24)12(2)23-9-5-4-6-10-23/h7-8,11-12,21H,3-6,9-10H2,1-2H3,(H,22,24)/p+1/t12-/m1/s1. The maximum absolute atomic E-state index is 13.7. The number of aromatic nitrogens is 1. The molecule has 7 heteroatoms. The molecule has 1 aliphatic rings.